The maximum Gasteiger partial charge on any atom is 0.245 e. The number of hydrogen-bond donors (Lipinski definition) is 1. The third-order valence-corrected chi connectivity index (χ3v) is 3.68. The SMILES string of the molecule is Cc1ccc(N/N=C(\C#N)C(=O)c2cc(C(C)(C)C)on2)cc1Cl. The predicted molar refractivity (Wildman–Crippen MR) is 92.4 cm³/mol. The molecule has 0 aliphatic rings. The fourth-order valence-electron chi connectivity index (χ4n) is 1.77. The number of rotatable bonds is 4. The van der Waals surface area contributed by atoms with E-state index in [2.05, 4.69) is 15.7 Å². The molecule has 1 aromatic carbocycles. The van der Waals surface area contributed by atoms with E-state index in [9.17, 15) is 10.1 Å². The monoisotopic (exact) mass is 344 g/mol. The minimum Gasteiger partial charge on any atom is -0.360 e. The summed E-state index contributed by atoms with van der Waals surface area (Å²) in [7, 11) is 0. The first-order valence-electron chi connectivity index (χ1n) is 7.24. The van der Waals surface area contributed by atoms with E-state index in [0.29, 0.717) is 16.5 Å². The highest BCUT2D eigenvalue weighted by molar-refractivity contribution is 6.51. The molecule has 2 rings (SSSR count). The molecule has 0 aliphatic carbocycles. The molecule has 0 saturated carbocycles. The first-order chi connectivity index (χ1) is 11.2. The molecular weight excluding hydrogens is 328 g/mol. The Balaban J connectivity index is 2.21. The number of anilines is 1. The predicted octanol–water partition coefficient (Wildman–Crippen LogP) is 4.11. The highest BCUT2D eigenvalue weighted by Crippen LogP contribution is 2.23. The molecule has 1 heterocycles. The summed E-state index contributed by atoms with van der Waals surface area (Å²) < 4.78 is 5.16. The molecule has 0 unspecified atom stereocenters. The zero-order chi connectivity index (χ0) is 17.9. The molecule has 0 atom stereocenters. The number of hydrazone groups is 1. The van der Waals surface area contributed by atoms with Crippen molar-refractivity contribution in [3.05, 3.63) is 46.3 Å². The highest BCUT2D eigenvalue weighted by atomic mass is 35.5. The average molecular weight is 345 g/mol. The van der Waals surface area contributed by atoms with Crippen molar-refractivity contribution in [2.24, 2.45) is 5.10 Å². The van der Waals surface area contributed by atoms with Gasteiger partial charge in [0.2, 0.25) is 11.5 Å². The van der Waals surface area contributed by atoms with Gasteiger partial charge in [-0.25, -0.2) is 0 Å². The van der Waals surface area contributed by atoms with Gasteiger partial charge >= 0.3 is 0 Å². The van der Waals surface area contributed by atoms with E-state index in [-0.39, 0.29) is 16.8 Å². The molecule has 0 radical (unpaired) electrons. The molecule has 1 N–H and O–H groups in total. The second-order valence-electron chi connectivity index (χ2n) is 6.30. The summed E-state index contributed by atoms with van der Waals surface area (Å²) in [5, 5.41) is 17.3. The Kier molecular flexibility index (Phi) is 5.05. The highest BCUT2D eigenvalue weighted by Gasteiger charge is 2.24. The van der Waals surface area contributed by atoms with E-state index in [1.807, 2.05) is 27.7 Å². The van der Waals surface area contributed by atoms with Gasteiger partial charge < -0.3 is 4.52 Å². The van der Waals surface area contributed by atoms with Crippen molar-refractivity contribution >= 4 is 28.8 Å². The molecular formula is C17H17ClN4O2. The van der Waals surface area contributed by atoms with Crippen molar-refractivity contribution in [3.63, 3.8) is 0 Å². The van der Waals surface area contributed by atoms with Crippen LogP contribution in [0.5, 0.6) is 0 Å². The summed E-state index contributed by atoms with van der Waals surface area (Å²) in [6.45, 7) is 7.67. The lowest BCUT2D eigenvalue weighted by molar-refractivity contribution is 0.105. The average Bonchev–Trinajstić information content (AvgIpc) is 3.01. The topological polar surface area (TPSA) is 91.3 Å². The van der Waals surface area contributed by atoms with Crippen LogP contribution < -0.4 is 5.43 Å². The fourth-order valence-corrected chi connectivity index (χ4v) is 1.95. The molecule has 0 spiro atoms. The largest absolute Gasteiger partial charge is 0.360 e. The Hall–Kier alpha value is -2.65. The van der Waals surface area contributed by atoms with Gasteiger partial charge in [-0.05, 0) is 24.6 Å². The van der Waals surface area contributed by atoms with E-state index in [1.54, 1.807) is 24.3 Å². The molecule has 0 aliphatic heterocycles. The molecule has 2 aromatic rings. The summed E-state index contributed by atoms with van der Waals surface area (Å²) in [6.07, 6.45) is 0. The molecule has 24 heavy (non-hydrogen) atoms. The third kappa shape index (κ3) is 4.00. The minimum atomic E-state index is -0.609. The van der Waals surface area contributed by atoms with Crippen LogP contribution in [0.3, 0.4) is 0 Å². The van der Waals surface area contributed by atoms with Crippen molar-refractivity contribution in [3.8, 4) is 6.07 Å². The second-order valence-corrected chi connectivity index (χ2v) is 6.71. The van der Waals surface area contributed by atoms with Crippen LogP contribution in [0.1, 0.15) is 42.6 Å². The first kappa shape index (κ1) is 17.7. The molecule has 0 bridgehead atoms. The van der Waals surface area contributed by atoms with Gasteiger partial charge in [0, 0.05) is 16.5 Å². The van der Waals surface area contributed by atoms with Crippen LogP contribution in [0.15, 0.2) is 33.9 Å². The van der Waals surface area contributed by atoms with Crippen molar-refractivity contribution in [2.75, 3.05) is 5.43 Å². The van der Waals surface area contributed by atoms with Gasteiger partial charge in [-0.3, -0.25) is 10.2 Å². The minimum absolute atomic E-state index is 0.0453. The number of nitriles is 1. The third-order valence-electron chi connectivity index (χ3n) is 3.27. The summed E-state index contributed by atoms with van der Waals surface area (Å²) in [5.41, 5.74) is 3.58. The zero-order valence-electron chi connectivity index (χ0n) is 13.8. The normalized spacial score (nSPS) is 11.9. The fraction of sp³-hybridized carbons (Fsp3) is 0.294. The van der Waals surface area contributed by atoms with Crippen molar-refractivity contribution in [1.29, 1.82) is 5.26 Å². The van der Waals surface area contributed by atoms with E-state index in [0.717, 1.165) is 5.56 Å². The lowest BCUT2D eigenvalue weighted by atomic mass is 9.93. The molecule has 0 saturated heterocycles. The Bertz CT molecular complexity index is 841. The molecule has 0 amide bonds. The molecule has 7 heteroatoms. The summed E-state index contributed by atoms with van der Waals surface area (Å²) in [5.74, 6) is -0.0520. The van der Waals surface area contributed by atoms with E-state index < -0.39 is 5.78 Å². The van der Waals surface area contributed by atoms with E-state index in [4.69, 9.17) is 16.1 Å². The van der Waals surface area contributed by atoms with Crippen molar-refractivity contribution in [1.82, 2.24) is 5.16 Å². The molecule has 0 fully saturated rings. The molecule has 124 valence electrons. The van der Waals surface area contributed by atoms with Gasteiger partial charge in [-0.15, -0.1) is 0 Å². The van der Waals surface area contributed by atoms with Crippen LogP contribution in [-0.2, 0) is 5.41 Å². The maximum absolute atomic E-state index is 12.3. The van der Waals surface area contributed by atoms with Gasteiger partial charge in [-0.1, -0.05) is 43.6 Å². The standard InChI is InChI=1S/C17H17ClN4O2/c1-10-5-6-11(7-12(10)18)20-21-14(9-19)16(23)13-8-15(24-22-13)17(2,3)4/h5-8,20H,1-4H3/b21-14+. The lowest BCUT2D eigenvalue weighted by Crippen LogP contribution is -2.15. The Morgan fingerprint density at radius 1 is 1.38 bits per heavy atom. The first-order valence-corrected chi connectivity index (χ1v) is 7.62. The number of ketones is 1. The smallest absolute Gasteiger partial charge is 0.245 e. The Morgan fingerprint density at radius 2 is 2.08 bits per heavy atom. The number of hydrogen-bond acceptors (Lipinski definition) is 6. The molecule has 1 aromatic heterocycles. The number of benzene rings is 1. The number of carbonyl (C=O) groups excluding carboxylic acids is 1. The van der Waals surface area contributed by atoms with Gasteiger partial charge in [0.25, 0.3) is 0 Å². The van der Waals surface area contributed by atoms with Crippen molar-refractivity contribution < 1.29 is 9.32 Å². The van der Waals surface area contributed by atoms with E-state index in [1.165, 1.54) is 6.07 Å². The number of nitrogens with one attached hydrogen (secondary N) is 1. The van der Waals surface area contributed by atoms with Gasteiger partial charge in [0.15, 0.2) is 5.69 Å². The maximum atomic E-state index is 12.3. The van der Waals surface area contributed by atoms with Crippen LogP contribution in [-0.4, -0.2) is 16.7 Å². The number of carbonyl (C=O) groups is 1. The Labute approximate surface area is 145 Å². The van der Waals surface area contributed by atoms with E-state index >= 15 is 0 Å². The quantitative estimate of drug-likeness (QED) is 0.512. The zero-order valence-corrected chi connectivity index (χ0v) is 14.6. The number of aromatic nitrogens is 1. The van der Waals surface area contributed by atoms with Crippen molar-refractivity contribution in [2.45, 2.75) is 33.1 Å². The molecule has 6 nitrogen and oxygen atoms in total. The second kappa shape index (κ2) is 6.85. The van der Waals surface area contributed by atoms with Gasteiger partial charge in [0.1, 0.15) is 11.8 Å². The summed E-state index contributed by atoms with van der Waals surface area (Å²) in [4.78, 5) is 12.3. The number of Topliss-reactive ketones (excluding diaryl/α,β-unsaturated/α-hetero) is 1. The number of halogens is 1. The lowest BCUT2D eigenvalue weighted by Gasteiger charge is -2.11. The van der Waals surface area contributed by atoms with Gasteiger partial charge in [0.05, 0.1) is 5.69 Å². The van der Waals surface area contributed by atoms with Crippen LogP contribution in [0, 0.1) is 18.3 Å². The van der Waals surface area contributed by atoms with Gasteiger partial charge in [-0.2, -0.15) is 10.4 Å². The van der Waals surface area contributed by atoms with Crippen LogP contribution >= 0.6 is 11.6 Å². The van der Waals surface area contributed by atoms with Crippen LogP contribution in [0.25, 0.3) is 0 Å². The Morgan fingerprint density at radius 3 is 2.62 bits per heavy atom. The summed E-state index contributed by atoms with van der Waals surface area (Å²) >= 11 is 6.02. The number of nitrogens with zero attached hydrogens (tertiary/aromatic N) is 3. The van der Waals surface area contributed by atoms with Crippen LogP contribution in [0.4, 0.5) is 5.69 Å². The summed E-state index contributed by atoms with van der Waals surface area (Å²) in [6, 6.07) is 8.51. The van der Waals surface area contributed by atoms with Crippen LogP contribution in [0.2, 0.25) is 5.02 Å². The number of aryl methyl sites for hydroxylation is 1.